The summed E-state index contributed by atoms with van der Waals surface area (Å²) in [6.45, 7) is 6.20. The highest BCUT2D eigenvalue weighted by Crippen LogP contribution is 2.33. The summed E-state index contributed by atoms with van der Waals surface area (Å²) < 4.78 is 5.60. The highest BCUT2D eigenvalue weighted by Gasteiger charge is 2.18. The van der Waals surface area contributed by atoms with Crippen LogP contribution in [0.1, 0.15) is 25.0 Å². The first-order chi connectivity index (χ1) is 13.3. The Labute approximate surface area is 159 Å². The lowest BCUT2D eigenvalue weighted by Crippen LogP contribution is -2.33. The lowest BCUT2D eigenvalue weighted by molar-refractivity contribution is 0.237. The largest absolute Gasteiger partial charge is 0.355 e. The predicted molar refractivity (Wildman–Crippen MR) is 106 cm³/mol. The van der Waals surface area contributed by atoms with Crippen LogP contribution in [0.2, 0.25) is 0 Å². The smallest absolute Gasteiger partial charge is 0.223 e. The van der Waals surface area contributed by atoms with Gasteiger partial charge in [0, 0.05) is 24.8 Å². The number of aromatic nitrogens is 3. The van der Waals surface area contributed by atoms with Gasteiger partial charge in [0.15, 0.2) is 5.76 Å². The number of benzene rings is 1. The summed E-state index contributed by atoms with van der Waals surface area (Å²) in [5.74, 6) is 1.38. The fourth-order valence-electron chi connectivity index (χ4n) is 3.55. The van der Waals surface area contributed by atoms with Crippen molar-refractivity contribution in [2.45, 2.75) is 26.2 Å². The van der Waals surface area contributed by atoms with E-state index < -0.39 is 0 Å². The molecule has 0 amide bonds. The first kappa shape index (κ1) is 17.7. The average molecular weight is 363 g/mol. The molecule has 0 unspecified atom stereocenters. The number of nitrogens with one attached hydrogen (secondary N) is 1. The molecule has 2 aromatic heterocycles. The highest BCUT2D eigenvalue weighted by atomic mass is 16.5. The second-order valence-electron chi connectivity index (χ2n) is 6.93. The van der Waals surface area contributed by atoms with Crippen LogP contribution in [-0.4, -0.2) is 46.2 Å². The summed E-state index contributed by atoms with van der Waals surface area (Å²) in [6, 6.07) is 11.9. The maximum atomic E-state index is 5.60. The van der Waals surface area contributed by atoms with Gasteiger partial charge in [-0.2, -0.15) is 0 Å². The standard InChI is InChI=1S/C21H25N5O/c1-16-19(20(27-25-16)17-8-4-2-5-9-17)18-10-11-22-21(24-18)23-12-15-26-13-6-3-7-14-26/h2,4-5,8-11H,3,6-7,12-15H2,1H3,(H,22,23,24). The maximum absolute atomic E-state index is 5.60. The zero-order chi connectivity index (χ0) is 18.5. The Morgan fingerprint density at radius 1 is 1.07 bits per heavy atom. The highest BCUT2D eigenvalue weighted by molar-refractivity contribution is 5.79. The van der Waals surface area contributed by atoms with E-state index >= 15 is 0 Å². The van der Waals surface area contributed by atoms with Gasteiger partial charge in [0.05, 0.1) is 17.0 Å². The summed E-state index contributed by atoms with van der Waals surface area (Å²) in [4.78, 5) is 11.6. The van der Waals surface area contributed by atoms with Gasteiger partial charge in [-0.1, -0.05) is 41.9 Å². The van der Waals surface area contributed by atoms with Crippen LogP contribution in [0.25, 0.3) is 22.6 Å². The van der Waals surface area contributed by atoms with Crippen molar-refractivity contribution in [3.05, 3.63) is 48.3 Å². The van der Waals surface area contributed by atoms with Gasteiger partial charge in [0.2, 0.25) is 5.95 Å². The average Bonchev–Trinajstić information content (AvgIpc) is 3.11. The summed E-state index contributed by atoms with van der Waals surface area (Å²) in [6.07, 6.45) is 5.76. The second kappa shape index (κ2) is 8.31. The molecule has 1 saturated heterocycles. The van der Waals surface area contributed by atoms with Gasteiger partial charge in [-0.3, -0.25) is 0 Å². The molecule has 6 heteroatoms. The van der Waals surface area contributed by atoms with Crippen LogP contribution in [-0.2, 0) is 0 Å². The number of hydrogen-bond acceptors (Lipinski definition) is 6. The zero-order valence-corrected chi connectivity index (χ0v) is 15.7. The molecule has 1 aliphatic heterocycles. The van der Waals surface area contributed by atoms with Crippen LogP contribution < -0.4 is 5.32 Å². The molecule has 27 heavy (non-hydrogen) atoms. The Hall–Kier alpha value is -2.73. The van der Waals surface area contributed by atoms with Crippen LogP contribution in [0.15, 0.2) is 47.1 Å². The molecule has 1 aromatic carbocycles. The molecule has 3 aromatic rings. The van der Waals surface area contributed by atoms with E-state index in [0.717, 1.165) is 41.4 Å². The van der Waals surface area contributed by atoms with Gasteiger partial charge >= 0.3 is 0 Å². The molecule has 0 atom stereocenters. The van der Waals surface area contributed by atoms with Crippen molar-refractivity contribution in [2.75, 3.05) is 31.5 Å². The number of aryl methyl sites for hydroxylation is 1. The number of nitrogens with zero attached hydrogens (tertiary/aromatic N) is 4. The van der Waals surface area contributed by atoms with Gasteiger partial charge in [0.25, 0.3) is 0 Å². The second-order valence-corrected chi connectivity index (χ2v) is 6.93. The molecule has 0 spiro atoms. The third-order valence-corrected chi connectivity index (χ3v) is 4.97. The fourth-order valence-corrected chi connectivity index (χ4v) is 3.55. The van der Waals surface area contributed by atoms with E-state index in [9.17, 15) is 0 Å². The van der Waals surface area contributed by atoms with Gasteiger partial charge in [-0.05, 0) is 38.9 Å². The molecule has 0 radical (unpaired) electrons. The number of rotatable bonds is 6. The van der Waals surface area contributed by atoms with E-state index in [1.165, 1.54) is 32.4 Å². The van der Waals surface area contributed by atoms with Crippen molar-refractivity contribution < 1.29 is 4.52 Å². The Morgan fingerprint density at radius 2 is 1.89 bits per heavy atom. The topological polar surface area (TPSA) is 67.1 Å². The molecule has 1 fully saturated rings. The van der Waals surface area contributed by atoms with Gasteiger partial charge in [-0.25, -0.2) is 9.97 Å². The zero-order valence-electron chi connectivity index (χ0n) is 15.7. The van der Waals surface area contributed by atoms with Crippen LogP contribution >= 0.6 is 0 Å². The molecule has 1 aliphatic rings. The van der Waals surface area contributed by atoms with E-state index in [1.807, 2.05) is 43.3 Å². The lowest BCUT2D eigenvalue weighted by atomic mass is 10.0. The molecule has 1 N–H and O–H groups in total. The van der Waals surface area contributed by atoms with Gasteiger partial charge < -0.3 is 14.7 Å². The normalized spacial score (nSPS) is 15.0. The van der Waals surface area contributed by atoms with Gasteiger partial charge in [0.1, 0.15) is 0 Å². The molecule has 6 nitrogen and oxygen atoms in total. The quantitative estimate of drug-likeness (QED) is 0.714. The Balaban J connectivity index is 1.50. The lowest BCUT2D eigenvalue weighted by Gasteiger charge is -2.26. The molecule has 4 rings (SSSR count). The van der Waals surface area contributed by atoms with Crippen molar-refractivity contribution in [2.24, 2.45) is 0 Å². The maximum Gasteiger partial charge on any atom is 0.223 e. The van der Waals surface area contributed by atoms with Crippen molar-refractivity contribution in [1.29, 1.82) is 0 Å². The van der Waals surface area contributed by atoms with Crippen LogP contribution in [0.4, 0.5) is 5.95 Å². The van der Waals surface area contributed by atoms with E-state index in [2.05, 4.69) is 20.4 Å². The van der Waals surface area contributed by atoms with Crippen LogP contribution in [0.5, 0.6) is 0 Å². The van der Waals surface area contributed by atoms with E-state index in [1.54, 1.807) is 6.20 Å². The molecular weight excluding hydrogens is 338 g/mol. The number of likely N-dealkylation sites (tertiary alicyclic amines) is 1. The minimum Gasteiger partial charge on any atom is -0.355 e. The molecule has 140 valence electrons. The summed E-state index contributed by atoms with van der Waals surface area (Å²) in [5.41, 5.74) is 3.56. The molecule has 0 aliphatic carbocycles. The third-order valence-electron chi connectivity index (χ3n) is 4.97. The Morgan fingerprint density at radius 3 is 2.70 bits per heavy atom. The minimum absolute atomic E-state index is 0.643. The number of piperidine rings is 1. The fraction of sp³-hybridized carbons (Fsp3) is 0.381. The monoisotopic (exact) mass is 363 g/mol. The Kier molecular flexibility index (Phi) is 5.44. The first-order valence-corrected chi connectivity index (χ1v) is 9.62. The van der Waals surface area contributed by atoms with Crippen LogP contribution in [0, 0.1) is 6.92 Å². The molecule has 0 bridgehead atoms. The van der Waals surface area contributed by atoms with Crippen molar-refractivity contribution in [3.63, 3.8) is 0 Å². The Bertz CT molecular complexity index is 871. The van der Waals surface area contributed by atoms with E-state index in [4.69, 9.17) is 9.51 Å². The third kappa shape index (κ3) is 4.17. The molecular formula is C21H25N5O. The summed E-state index contributed by atoms with van der Waals surface area (Å²) >= 11 is 0. The van der Waals surface area contributed by atoms with Crippen molar-refractivity contribution in [3.8, 4) is 22.6 Å². The number of anilines is 1. The van der Waals surface area contributed by atoms with E-state index in [0.29, 0.717) is 5.95 Å². The summed E-state index contributed by atoms with van der Waals surface area (Å²) in [5, 5.41) is 7.52. The van der Waals surface area contributed by atoms with E-state index in [-0.39, 0.29) is 0 Å². The van der Waals surface area contributed by atoms with Crippen molar-refractivity contribution >= 4 is 5.95 Å². The van der Waals surface area contributed by atoms with Gasteiger partial charge in [-0.15, -0.1) is 0 Å². The molecule has 0 saturated carbocycles. The first-order valence-electron chi connectivity index (χ1n) is 9.62. The summed E-state index contributed by atoms with van der Waals surface area (Å²) in [7, 11) is 0. The predicted octanol–water partition coefficient (Wildman–Crippen LogP) is 4.00. The van der Waals surface area contributed by atoms with Crippen molar-refractivity contribution in [1.82, 2.24) is 20.0 Å². The SMILES string of the molecule is Cc1noc(-c2ccccc2)c1-c1ccnc(NCCN2CCCCC2)n1. The minimum atomic E-state index is 0.643. The van der Waals surface area contributed by atoms with Crippen LogP contribution in [0.3, 0.4) is 0 Å². The molecule has 3 heterocycles. The number of hydrogen-bond donors (Lipinski definition) is 1.